The van der Waals surface area contributed by atoms with Gasteiger partial charge in [-0.25, -0.2) is 0 Å². The van der Waals surface area contributed by atoms with E-state index in [1.807, 2.05) is 13.8 Å². The molecule has 2 rings (SSSR count). The van der Waals surface area contributed by atoms with Crippen molar-refractivity contribution < 1.29 is 14.3 Å². The van der Waals surface area contributed by atoms with Gasteiger partial charge < -0.3 is 14.4 Å². The Bertz CT molecular complexity index is 223. The first kappa shape index (κ1) is 8.97. The lowest BCUT2D eigenvalue weighted by molar-refractivity contribution is -0.159. The van der Waals surface area contributed by atoms with Gasteiger partial charge in [0.05, 0.1) is 0 Å². The van der Waals surface area contributed by atoms with Gasteiger partial charge >= 0.3 is 0 Å². The van der Waals surface area contributed by atoms with E-state index >= 15 is 0 Å². The summed E-state index contributed by atoms with van der Waals surface area (Å²) in [4.78, 5) is 12.8. The predicted molar refractivity (Wildman–Crippen MR) is 46.1 cm³/mol. The van der Waals surface area contributed by atoms with Gasteiger partial charge in [0, 0.05) is 20.0 Å². The van der Waals surface area contributed by atoms with E-state index in [1.165, 1.54) is 0 Å². The van der Waals surface area contributed by atoms with Crippen molar-refractivity contribution >= 4 is 5.91 Å². The van der Waals surface area contributed by atoms with Crippen LogP contribution in [0.25, 0.3) is 0 Å². The summed E-state index contributed by atoms with van der Waals surface area (Å²) in [5.41, 5.74) is 0. The SMILES string of the molecule is CC(=O)N1CC2OC(C)(C)OC2C1. The molecule has 2 aliphatic rings. The Hall–Kier alpha value is -0.610. The second-order valence-electron chi connectivity index (χ2n) is 4.14. The van der Waals surface area contributed by atoms with E-state index in [1.54, 1.807) is 11.8 Å². The van der Waals surface area contributed by atoms with Crippen LogP contribution in [0.2, 0.25) is 0 Å². The molecule has 4 nitrogen and oxygen atoms in total. The van der Waals surface area contributed by atoms with Crippen LogP contribution < -0.4 is 0 Å². The predicted octanol–water partition coefficient (Wildman–Crippen LogP) is 0.369. The van der Waals surface area contributed by atoms with Crippen LogP contribution in [0.1, 0.15) is 20.8 Å². The highest BCUT2D eigenvalue weighted by Gasteiger charge is 2.47. The molecule has 2 heterocycles. The van der Waals surface area contributed by atoms with Crippen molar-refractivity contribution in [3.63, 3.8) is 0 Å². The smallest absolute Gasteiger partial charge is 0.219 e. The van der Waals surface area contributed by atoms with Gasteiger partial charge in [0.1, 0.15) is 12.2 Å². The lowest BCUT2D eigenvalue weighted by Gasteiger charge is -2.21. The molecule has 0 aromatic rings. The average molecular weight is 185 g/mol. The Morgan fingerprint density at radius 2 is 1.77 bits per heavy atom. The zero-order chi connectivity index (χ0) is 9.64. The van der Waals surface area contributed by atoms with Crippen molar-refractivity contribution in [1.82, 2.24) is 4.90 Å². The third-order valence-corrected chi connectivity index (χ3v) is 2.53. The molecule has 2 fully saturated rings. The molecule has 0 aliphatic carbocycles. The maximum Gasteiger partial charge on any atom is 0.219 e. The molecule has 2 saturated heterocycles. The quantitative estimate of drug-likeness (QED) is 0.547. The van der Waals surface area contributed by atoms with Gasteiger partial charge in [0.15, 0.2) is 5.79 Å². The van der Waals surface area contributed by atoms with Gasteiger partial charge in [0.2, 0.25) is 5.91 Å². The topological polar surface area (TPSA) is 38.8 Å². The lowest BCUT2D eigenvalue weighted by atomic mass is 10.3. The molecule has 0 aromatic heterocycles. The third kappa shape index (κ3) is 1.56. The standard InChI is InChI=1S/C9H15NO3/c1-6(11)10-4-7-8(5-10)13-9(2,3)12-7/h7-8H,4-5H2,1-3H3. The number of carbonyl (C=O) groups is 1. The van der Waals surface area contributed by atoms with Gasteiger partial charge in [-0.1, -0.05) is 0 Å². The molecule has 0 spiro atoms. The minimum atomic E-state index is -0.474. The number of likely N-dealkylation sites (tertiary alicyclic amines) is 1. The van der Waals surface area contributed by atoms with Crippen molar-refractivity contribution in [1.29, 1.82) is 0 Å². The largest absolute Gasteiger partial charge is 0.343 e. The molecule has 0 aromatic carbocycles. The van der Waals surface area contributed by atoms with E-state index < -0.39 is 5.79 Å². The zero-order valence-corrected chi connectivity index (χ0v) is 8.24. The maximum atomic E-state index is 11.1. The molecule has 0 radical (unpaired) electrons. The molecule has 74 valence electrons. The molecule has 0 bridgehead atoms. The summed E-state index contributed by atoms with van der Waals surface area (Å²) in [6, 6.07) is 0. The minimum Gasteiger partial charge on any atom is -0.343 e. The van der Waals surface area contributed by atoms with Crippen LogP contribution in [-0.4, -0.2) is 41.9 Å². The number of nitrogens with zero attached hydrogens (tertiary/aromatic N) is 1. The fourth-order valence-corrected chi connectivity index (χ4v) is 1.98. The Morgan fingerprint density at radius 3 is 2.15 bits per heavy atom. The summed E-state index contributed by atoms with van der Waals surface area (Å²) in [6.07, 6.45) is 0.137. The highest BCUT2D eigenvalue weighted by atomic mass is 16.8. The number of hydrogen-bond acceptors (Lipinski definition) is 3. The van der Waals surface area contributed by atoms with Crippen molar-refractivity contribution in [3.05, 3.63) is 0 Å². The second kappa shape index (κ2) is 2.69. The summed E-state index contributed by atoms with van der Waals surface area (Å²) in [6.45, 7) is 6.73. The summed E-state index contributed by atoms with van der Waals surface area (Å²) in [5, 5.41) is 0. The highest BCUT2D eigenvalue weighted by Crippen LogP contribution is 2.32. The molecule has 0 saturated carbocycles. The normalized spacial score (nSPS) is 36.4. The van der Waals surface area contributed by atoms with E-state index in [9.17, 15) is 4.79 Å². The molecular weight excluding hydrogens is 170 g/mol. The van der Waals surface area contributed by atoms with Crippen LogP contribution in [0, 0.1) is 0 Å². The van der Waals surface area contributed by atoms with Crippen molar-refractivity contribution in [2.24, 2.45) is 0 Å². The molecular formula is C9H15NO3. The number of ether oxygens (including phenoxy) is 2. The number of fused-ring (bicyclic) bond motifs is 1. The molecule has 1 amide bonds. The lowest BCUT2D eigenvalue weighted by Crippen LogP contribution is -2.32. The first-order valence-electron chi connectivity index (χ1n) is 4.59. The highest BCUT2D eigenvalue weighted by molar-refractivity contribution is 5.73. The van der Waals surface area contributed by atoms with Crippen molar-refractivity contribution in [2.75, 3.05) is 13.1 Å². The average Bonchev–Trinajstić information content (AvgIpc) is 2.39. The summed E-state index contributed by atoms with van der Waals surface area (Å²) in [5.74, 6) is -0.377. The third-order valence-electron chi connectivity index (χ3n) is 2.53. The molecule has 2 unspecified atom stereocenters. The Labute approximate surface area is 77.8 Å². The van der Waals surface area contributed by atoms with E-state index in [-0.39, 0.29) is 18.1 Å². The Balaban J connectivity index is 2.01. The summed E-state index contributed by atoms with van der Waals surface area (Å²) in [7, 11) is 0. The van der Waals surface area contributed by atoms with Gasteiger partial charge in [-0.2, -0.15) is 0 Å². The molecule has 4 heteroatoms. The molecule has 2 aliphatic heterocycles. The fourth-order valence-electron chi connectivity index (χ4n) is 1.98. The van der Waals surface area contributed by atoms with Crippen LogP contribution in [-0.2, 0) is 14.3 Å². The van der Waals surface area contributed by atoms with Gasteiger partial charge in [-0.15, -0.1) is 0 Å². The minimum absolute atomic E-state index is 0.0684. The van der Waals surface area contributed by atoms with Crippen LogP contribution >= 0.6 is 0 Å². The van der Waals surface area contributed by atoms with Crippen molar-refractivity contribution in [2.45, 2.75) is 38.8 Å². The zero-order valence-electron chi connectivity index (χ0n) is 8.24. The Morgan fingerprint density at radius 1 is 1.31 bits per heavy atom. The number of hydrogen-bond donors (Lipinski definition) is 0. The number of amides is 1. The molecule has 13 heavy (non-hydrogen) atoms. The van der Waals surface area contributed by atoms with Gasteiger partial charge in [-0.05, 0) is 13.8 Å². The van der Waals surface area contributed by atoms with E-state index in [4.69, 9.17) is 9.47 Å². The second-order valence-corrected chi connectivity index (χ2v) is 4.14. The van der Waals surface area contributed by atoms with Crippen LogP contribution in [0.5, 0.6) is 0 Å². The number of rotatable bonds is 0. The van der Waals surface area contributed by atoms with E-state index in [2.05, 4.69) is 0 Å². The molecule has 2 atom stereocenters. The fraction of sp³-hybridized carbons (Fsp3) is 0.889. The van der Waals surface area contributed by atoms with Crippen LogP contribution in [0.15, 0.2) is 0 Å². The van der Waals surface area contributed by atoms with Crippen LogP contribution in [0.4, 0.5) is 0 Å². The van der Waals surface area contributed by atoms with E-state index in [0.717, 1.165) is 0 Å². The van der Waals surface area contributed by atoms with Crippen molar-refractivity contribution in [3.8, 4) is 0 Å². The summed E-state index contributed by atoms with van der Waals surface area (Å²) < 4.78 is 11.3. The van der Waals surface area contributed by atoms with Gasteiger partial charge in [0.25, 0.3) is 0 Å². The monoisotopic (exact) mass is 185 g/mol. The summed E-state index contributed by atoms with van der Waals surface area (Å²) >= 11 is 0. The molecule has 0 N–H and O–H groups in total. The maximum absolute atomic E-state index is 11.1. The Kier molecular flexibility index (Phi) is 1.85. The first-order valence-corrected chi connectivity index (χ1v) is 4.59. The van der Waals surface area contributed by atoms with Gasteiger partial charge in [-0.3, -0.25) is 4.79 Å². The van der Waals surface area contributed by atoms with E-state index in [0.29, 0.717) is 13.1 Å². The number of carbonyl (C=O) groups excluding carboxylic acids is 1. The van der Waals surface area contributed by atoms with Crippen LogP contribution in [0.3, 0.4) is 0 Å². The first-order chi connectivity index (χ1) is 5.98.